The maximum absolute atomic E-state index is 11.5. The van der Waals surface area contributed by atoms with Crippen molar-refractivity contribution in [1.29, 1.82) is 0 Å². The van der Waals surface area contributed by atoms with Crippen molar-refractivity contribution in [2.24, 2.45) is 5.73 Å². The van der Waals surface area contributed by atoms with Gasteiger partial charge in [0.15, 0.2) is 0 Å². The van der Waals surface area contributed by atoms with E-state index in [9.17, 15) is 4.79 Å². The van der Waals surface area contributed by atoms with Gasteiger partial charge in [0.2, 0.25) is 5.91 Å². The van der Waals surface area contributed by atoms with Gasteiger partial charge < -0.3 is 15.4 Å². The molecule has 0 radical (unpaired) electrons. The summed E-state index contributed by atoms with van der Waals surface area (Å²) in [6, 6.07) is -0.257. The average Bonchev–Trinajstić information content (AvgIpc) is 2.04. The number of amides is 1. The number of carbonyl (C=O) groups excluding carboxylic acids is 1. The van der Waals surface area contributed by atoms with Crippen LogP contribution in [0.2, 0.25) is 0 Å². The van der Waals surface area contributed by atoms with Gasteiger partial charge in [-0.15, -0.1) is 0 Å². The Labute approximate surface area is 80.0 Å². The van der Waals surface area contributed by atoms with E-state index in [2.05, 4.69) is 0 Å². The van der Waals surface area contributed by atoms with Gasteiger partial charge in [-0.05, 0) is 20.8 Å². The normalized spacial score (nSPS) is 13.1. The summed E-state index contributed by atoms with van der Waals surface area (Å²) in [4.78, 5) is 13.3. The fourth-order valence-corrected chi connectivity index (χ4v) is 1.07. The molecule has 0 heterocycles. The molecule has 2 N–H and O–H groups in total. The van der Waals surface area contributed by atoms with Crippen LogP contribution < -0.4 is 5.73 Å². The minimum Gasteiger partial charge on any atom is -0.383 e. The number of nitrogens with two attached hydrogens (primary N) is 1. The number of methoxy groups -OCH3 is 1. The first-order valence-electron chi connectivity index (χ1n) is 4.55. The summed E-state index contributed by atoms with van der Waals surface area (Å²) in [5.41, 5.74) is 5.51. The van der Waals surface area contributed by atoms with Crippen LogP contribution in [-0.4, -0.2) is 43.2 Å². The smallest absolute Gasteiger partial charge is 0.239 e. The van der Waals surface area contributed by atoms with Crippen LogP contribution in [0.1, 0.15) is 20.8 Å². The molecular weight excluding hydrogens is 168 g/mol. The lowest BCUT2D eigenvalue weighted by atomic mass is 10.2. The molecule has 0 aliphatic carbocycles. The molecule has 4 heteroatoms. The second-order valence-electron chi connectivity index (χ2n) is 3.41. The Morgan fingerprint density at radius 2 is 2.00 bits per heavy atom. The van der Waals surface area contributed by atoms with Gasteiger partial charge in [-0.25, -0.2) is 0 Å². The van der Waals surface area contributed by atoms with Crippen molar-refractivity contribution in [2.45, 2.75) is 32.9 Å². The van der Waals surface area contributed by atoms with E-state index < -0.39 is 6.04 Å². The third kappa shape index (κ3) is 4.24. The highest BCUT2D eigenvalue weighted by Crippen LogP contribution is 2.00. The van der Waals surface area contributed by atoms with Crippen LogP contribution in [0.15, 0.2) is 0 Å². The summed E-state index contributed by atoms with van der Waals surface area (Å²) in [5.74, 6) is -0.0212. The molecule has 0 aromatic rings. The standard InChI is InChI=1S/C9H20N2O2/c1-7(2)11(5-6-13-4)9(12)8(3)10/h7-8H,5-6,10H2,1-4H3/t8-/m0/s1. The van der Waals surface area contributed by atoms with E-state index in [1.807, 2.05) is 13.8 Å². The van der Waals surface area contributed by atoms with Crippen LogP contribution in [0.3, 0.4) is 0 Å². The van der Waals surface area contributed by atoms with Crippen LogP contribution in [0.5, 0.6) is 0 Å². The summed E-state index contributed by atoms with van der Waals surface area (Å²) in [7, 11) is 1.62. The Balaban J connectivity index is 4.16. The molecule has 0 spiro atoms. The summed E-state index contributed by atoms with van der Waals surface area (Å²) in [5, 5.41) is 0. The molecule has 0 bridgehead atoms. The fourth-order valence-electron chi connectivity index (χ4n) is 1.07. The summed E-state index contributed by atoms with van der Waals surface area (Å²) in [6.45, 7) is 6.79. The minimum atomic E-state index is -0.431. The van der Waals surface area contributed by atoms with E-state index >= 15 is 0 Å². The van der Waals surface area contributed by atoms with Crippen molar-refractivity contribution < 1.29 is 9.53 Å². The monoisotopic (exact) mass is 188 g/mol. The summed E-state index contributed by atoms with van der Waals surface area (Å²) < 4.78 is 4.92. The molecule has 0 saturated carbocycles. The molecule has 4 nitrogen and oxygen atoms in total. The number of ether oxygens (including phenoxy) is 1. The van der Waals surface area contributed by atoms with Gasteiger partial charge in [0.1, 0.15) is 0 Å². The first-order valence-corrected chi connectivity index (χ1v) is 4.55. The first kappa shape index (κ1) is 12.4. The highest BCUT2D eigenvalue weighted by atomic mass is 16.5. The molecule has 0 aromatic heterocycles. The Morgan fingerprint density at radius 3 is 2.31 bits per heavy atom. The van der Waals surface area contributed by atoms with Crippen LogP contribution >= 0.6 is 0 Å². The third-order valence-electron chi connectivity index (χ3n) is 1.83. The van der Waals surface area contributed by atoms with Gasteiger partial charge >= 0.3 is 0 Å². The number of carbonyl (C=O) groups is 1. The van der Waals surface area contributed by atoms with Crippen LogP contribution in [-0.2, 0) is 9.53 Å². The van der Waals surface area contributed by atoms with E-state index in [1.54, 1.807) is 18.9 Å². The lowest BCUT2D eigenvalue weighted by molar-refractivity contribution is -0.134. The molecule has 0 aliphatic heterocycles. The molecule has 0 aliphatic rings. The number of hydrogen-bond donors (Lipinski definition) is 1. The number of rotatable bonds is 5. The highest BCUT2D eigenvalue weighted by Gasteiger charge is 2.19. The molecule has 13 heavy (non-hydrogen) atoms. The van der Waals surface area contributed by atoms with E-state index in [0.29, 0.717) is 13.2 Å². The van der Waals surface area contributed by atoms with Crippen molar-refractivity contribution in [1.82, 2.24) is 4.90 Å². The Hall–Kier alpha value is -0.610. The maximum Gasteiger partial charge on any atom is 0.239 e. The van der Waals surface area contributed by atoms with Gasteiger partial charge in [0.25, 0.3) is 0 Å². The molecule has 0 unspecified atom stereocenters. The SMILES string of the molecule is COCCN(C(=O)[C@H](C)N)C(C)C. The van der Waals surface area contributed by atoms with Crippen LogP contribution in [0.4, 0.5) is 0 Å². The minimum absolute atomic E-state index is 0.0212. The molecule has 0 fully saturated rings. The number of nitrogens with zero attached hydrogens (tertiary/aromatic N) is 1. The summed E-state index contributed by atoms with van der Waals surface area (Å²) in [6.07, 6.45) is 0. The first-order chi connectivity index (χ1) is 6.00. The van der Waals surface area contributed by atoms with Crippen LogP contribution in [0, 0.1) is 0 Å². The largest absolute Gasteiger partial charge is 0.383 e. The third-order valence-corrected chi connectivity index (χ3v) is 1.83. The van der Waals surface area contributed by atoms with Gasteiger partial charge in [-0.3, -0.25) is 4.79 Å². The molecule has 0 aromatic carbocycles. The molecular formula is C9H20N2O2. The zero-order valence-electron chi connectivity index (χ0n) is 8.91. The number of hydrogen-bond acceptors (Lipinski definition) is 3. The predicted molar refractivity (Wildman–Crippen MR) is 52.4 cm³/mol. The lowest BCUT2D eigenvalue weighted by Crippen LogP contribution is -2.46. The molecule has 1 amide bonds. The quantitative estimate of drug-likeness (QED) is 0.671. The lowest BCUT2D eigenvalue weighted by Gasteiger charge is -2.27. The maximum atomic E-state index is 11.5. The Morgan fingerprint density at radius 1 is 1.46 bits per heavy atom. The van der Waals surface area contributed by atoms with Crippen molar-refractivity contribution in [2.75, 3.05) is 20.3 Å². The van der Waals surface area contributed by atoms with Gasteiger partial charge in [0.05, 0.1) is 12.6 Å². The van der Waals surface area contributed by atoms with Gasteiger partial charge in [0, 0.05) is 19.7 Å². The van der Waals surface area contributed by atoms with Crippen molar-refractivity contribution in [3.05, 3.63) is 0 Å². The molecule has 0 saturated heterocycles. The van der Waals surface area contributed by atoms with E-state index in [1.165, 1.54) is 0 Å². The second kappa shape index (κ2) is 5.94. The van der Waals surface area contributed by atoms with Gasteiger partial charge in [-0.1, -0.05) is 0 Å². The Bertz CT molecular complexity index is 158. The fraction of sp³-hybridized carbons (Fsp3) is 0.889. The van der Waals surface area contributed by atoms with E-state index in [0.717, 1.165) is 0 Å². The van der Waals surface area contributed by atoms with Gasteiger partial charge in [-0.2, -0.15) is 0 Å². The second-order valence-corrected chi connectivity index (χ2v) is 3.41. The summed E-state index contributed by atoms with van der Waals surface area (Å²) >= 11 is 0. The Kier molecular flexibility index (Phi) is 5.66. The molecule has 78 valence electrons. The van der Waals surface area contributed by atoms with Crippen molar-refractivity contribution in [3.63, 3.8) is 0 Å². The van der Waals surface area contributed by atoms with Crippen LogP contribution in [0.25, 0.3) is 0 Å². The topological polar surface area (TPSA) is 55.6 Å². The molecule has 1 atom stereocenters. The zero-order chi connectivity index (χ0) is 10.4. The zero-order valence-corrected chi connectivity index (χ0v) is 8.91. The predicted octanol–water partition coefficient (Wildman–Crippen LogP) is 0.217. The van der Waals surface area contributed by atoms with E-state index in [-0.39, 0.29) is 11.9 Å². The highest BCUT2D eigenvalue weighted by molar-refractivity contribution is 5.81. The van der Waals surface area contributed by atoms with E-state index in [4.69, 9.17) is 10.5 Å². The van der Waals surface area contributed by atoms with Crippen molar-refractivity contribution >= 4 is 5.91 Å². The molecule has 0 rings (SSSR count). The average molecular weight is 188 g/mol. The van der Waals surface area contributed by atoms with Crippen molar-refractivity contribution in [3.8, 4) is 0 Å².